The van der Waals surface area contributed by atoms with E-state index in [1.807, 2.05) is 24.3 Å². The van der Waals surface area contributed by atoms with E-state index in [4.69, 9.17) is 11.6 Å². The molecule has 0 amide bonds. The number of nitrogens with zero attached hydrogens (tertiary/aromatic N) is 1. The maximum atomic E-state index is 10.5. The summed E-state index contributed by atoms with van der Waals surface area (Å²) in [4.78, 5) is 16.4. The molecular formula is C11H8ClNOS2. The average molecular weight is 270 g/mol. The molecular weight excluding hydrogens is 262 g/mol. The number of thioether (sulfide) groups is 1. The number of carbonyl (C=O) groups is 1. The highest BCUT2D eigenvalue weighted by Gasteiger charge is 2.02. The SMILES string of the molecule is O=Cc1cnc(CSc2cccc(Cl)c2)s1. The molecule has 0 bridgehead atoms. The van der Waals surface area contributed by atoms with Gasteiger partial charge in [0.25, 0.3) is 0 Å². The molecule has 0 N–H and O–H groups in total. The minimum Gasteiger partial charge on any atom is -0.297 e. The second-order valence-corrected chi connectivity index (χ2v) is 5.65. The number of carbonyl (C=O) groups excluding carboxylic acids is 1. The number of thiazole rings is 1. The lowest BCUT2D eigenvalue weighted by Crippen LogP contribution is -1.77. The predicted molar refractivity (Wildman–Crippen MR) is 68.5 cm³/mol. The van der Waals surface area contributed by atoms with Gasteiger partial charge in [0.1, 0.15) is 5.01 Å². The highest BCUT2D eigenvalue weighted by molar-refractivity contribution is 7.98. The van der Waals surface area contributed by atoms with Crippen LogP contribution in [0.25, 0.3) is 0 Å². The monoisotopic (exact) mass is 269 g/mol. The second-order valence-electron chi connectivity index (χ2n) is 3.02. The molecule has 1 aromatic heterocycles. The first-order valence-electron chi connectivity index (χ1n) is 4.56. The fourth-order valence-corrected chi connectivity index (χ4v) is 3.10. The molecule has 0 aliphatic carbocycles. The van der Waals surface area contributed by atoms with Crippen LogP contribution < -0.4 is 0 Å². The molecule has 0 unspecified atom stereocenters. The van der Waals surface area contributed by atoms with Crippen LogP contribution in [0.3, 0.4) is 0 Å². The Morgan fingerprint density at radius 1 is 1.50 bits per heavy atom. The molecule has 2 aromatic rings. The van der Waals surface area contributed by atoms with E-state index >= 15 is 0 Å². The first kappa shape index (κ1) is 11.6. The van der Waals surface area contributed by atoms with Crippen LogP contribution in [0.15, 0.2) is 35.4 Å². The van der Waals surface area contributed by atoms with Crippen molar-refractivity contribution in [2.75, 3.05) is 0 Å². The molecule has 0 atom stereocenters. The highest BCUT2D eigenvalue weighted by Crippen LogP contribution is 2.26. The molecule has 1 aromatic carbocycles. The molecule has 82 valence electrons. The average Bonchev–Trinajstić information content (AvgIpc) is 2.74. The fraction of sp³-hybridized carbons (Fsp3) is 0.0909. The normalized spacial score (nSPS) is 10.3. The lowest BCUT2D eigenvalue weighted by atomic mass is 10.4. The Hall–Kier alpha value is -0.840. The van der Waals surface area contributed by atoms with Gasteiger partial charge in [0.2, 0.25) is 0 Å². The molecule has 2 rings (SSSR count). The minimum absolute atomic E-state index is 0.668. The number of benzene rings is 1. The molecule has 5 heteroatoms. The van der Waals surface area contributed by atoms with Crippen molar-refractivity contribution in [3.05, 3.63) is 45.4 Å². The second kappa shape index (κ2) is 5.48. The van der Waals surface area contributed by atoms with Crippen molar-refractivity contribution in [2.45, 2.75) is 10.6 Å². The molecule has 0 spiro atoms. The standard InChI is InChI=1S/C11H8ClNOS2/c12-8-2-1-3-9(4-8)15-7-11-13-5-10(6-14)16-11/h1-6H,7H2. The van der Waals surface area contributed by atoms with Crippen LogP contribution >= 0.6 is 34.7 Å². The van der Waals surface area contributed by atoms with Crippen LogP contribution in [-0.2, 0) is 5.75 Å². The van der Waals surface area contributed by atoms with Crippen LogP contribution in [-0.4, -0.2) is 11.3 Å². The molecule has 0 aliphatic heterocycles. The smallest absolute Gasteiger partial charge is 0.161 e. The van der Waals surface area contributed by atoms with E-state index in [2.05, 4.69) is 4.98 Å². The fourth-order valence-electron chi connectivity index (χ4n) is 1.15. The summed E-state index contributed by atoms with van der Waals surface area (Å²) in [6.45, 7) is 0. The van der Waals surface area contributed by atoms with Crippen molar-refractivity contribution in [2.24, 2.45) is 0 Å². The third-order valence-electron chi connectivity index (χ3n) is 1.85. The molecule has 2 nitrogen and oxygen atoms in total. The molecule has 1 heterocycles. The van der Waals surface area contributed by atoms with Gasteiger partial charge in [-0.25, -0.2) is 4.98 Å². The Kier molecular flexibility index (Phi) is 3.98. The Morgan fingerprint density at radius 3 is 3.06 bits per heavy atom. The Labute approximate surface area is 107 Å². The first-order valence-corrected chi connectivity index (χ1v) is 6.74. The van der Waals surface area contributed by atoms with Crippen molar-refractivity contribution in [1.82, 2.24) is 4.98 Å². The van der Waals surface area contributed by atoms with Crippen LogP contribution in [0.5, 0.6) is 0 Å². The summed E-state index contributed by atoms with van der Waals surface area (Å²) < 4.78 is 0. The van der Waals surface area contributed by atoms with E-state index < -0.39 is 0 Å². The van der Waals surface area contributed by atoms with Gasteiger partial charge in [0.15, 0.2) is 6.29 Å². The number of hydrogen-bond donors (Lipinski definition) is 0. The Bertz CT molecular complexity index is 498. The van der Waals surface area contributed by atoms with Crippen molar-refractivity contribution in [3.8, 4) is 0 Å². The van der Waals surface area contributed by atoms with Gasteiger partial charge in [0, 0.05) is 16.1 Å². The van der Waals surface area contributed by atoms with E-state index in [-0.39, 0.29) is 0 Å². The van der Waals surface area contributed by atoms with E-state index in [1.165, 1.54) is 11.3 Å². The van der Waals surface area contributed by atoms with Crippen LogP contribution in [0.2, 0.25) is 5.02 Å². The predicted octanol–water partition coefficient (Wildman–Crippen LogP) is 3.90. The topological polar surface area (TPSA) is 30.0 Å². The zero-order valence-corrected chi connectivity index (χ0v) is 10.6. The largest absolute Gasteiger partial charge is 0.297 e. The summed E-state index contributed by atoms with van der Waals surface area (Å²) in [7, 11) is 0. The first-order chi connectivity index (χ1) is 7.78. The molecule has 0 saturated heterocycles. The van der Waals surface area contributed by atoms with E-state index in [1.54, 1.807) is 18.0 Å². The summed E-state index contributed by atoms with van der Waals surface area (Å²) in [5, 5.41) is 1.68. The van der Waals surface area contributed by atoms with Crippen LogP contribution in [0.4, 0.5) is 0 Å². The van der Waals surface area contributed by atoms with Crippen molar-refractivity contribution in [1.29, 1.82) is 0 Å². The number of hydrogen-bond acceptors (Lipinski definition) is 4. The number of aromatic nitrogens is 1. The lowest BCUT2D eigenvalue weighted by Gasteiger charge is -1.99. The molecule has 16 heavy (non-hydrogen) atoms. The Morgan fingerprint density at radius 2 is 2.38 bits per heavy atom. The summed E-state index contributed by atoms with van der Waals surface area (Å²) >= 11 is 8.96. The van der Waals surface area contributed by atoms with Gasteiger partial charge in [-0.3, -0.25) is 4.79 Å². The summed E-state index contributed by atoms with van der Waals surface area (Å²) in [6.07, 6.45) is 2.43. The summed E-state index contributed by atoms with van der Waals surface area (Å²) in [5.41, 5.74) is 0. The summed E-state index contributed by atoms with van der Waals surface area (Å²) in [5.74, 6) is 0.763. The number of halogens is 1. The van der Waals surface area contributed by atoms with E-state index in [0.29, 0.717) is 4.88 Å². The van der Waals surface area contributed by atoms with Gasteiger partial charge in [-0.15, -0.1) is 23.1 Å². The zero-order chi connectivity index (χ0) is 11.4. The quantitative estimate of drug-likeness (QED) is 0.623. The van der Waals surface area contributed by atoms with Gasteiger partial charge >= 0.3 is 0 Å². The van der Waals surface area contributed by atoms with Crippen LogP contribution in [0.1, 0.15) is 14.7 Å². The van der Waals surface area contributed by atoms with Crippen LogP contribution in [0, 0.1) is 0 Å². The zero-order valence-electron chi connectivity index (χ0n) is 8.22. The highest BCUT2D eigenvalue weighted by atomic mass is 35.5. The molecule has 0 fully saturated rings. The van der Waals surface area contributed by atoms with Gasteiger partial charge in [-0.2, -0.15) is 0 Å². The Balaban J connectivity index is 1.99. The van der Waals surface area contributed by atoms with Gasteiger partial charge in [0.05, 0.1) is 10.6 Å². The summed E-state index contributed by atoms with van der Waals surface area (Å²) in [6, 6.07) is 7.69. The van der Waals surface area contributed by atoms with Crippen molar-refractivity contribution < 1.29 is 4.79 Å². The minimum atomic E-state index is 0.668. The van der Waals surface area contributed by atoms with E-state index in [9.17, 15) is 4.79 Å². The lowest BCUT2D eigenvalue weighted by molar-refractivity contribution is 0.112. The van der Waals surface area contributed by atoms with Crippen molar-refractivity contribution in [3.63, 3.8) is 0 Å². The third kappa shape index (κ3) is 3.07. The van der Waals surface area contributed by atoms with Crippen molar-refractivity contribution >= 4 is 41.0 Å². The number of rotatable bonds is 4. The maximum Gasteiger partial charge on any atom is 0.161 e. The molecule has 0 radical (unpaired) electrons. The maximum absolute atomic E-state index is 10.5. The van der Waals surface area contributed by atoms with E-state index in [0.717, 1.165) is 27.0 Å². The molecule has 0 saturated carbocycles. The number of aldehydes is 1. The third-order valence-corrected chi connectivity index (χ3v) is 4.19. The van der Waals surface area contributed by atoms with Gasteiger partial charge in [-0.05, 0) is 18.2 Å². The molecule has 0 aliphatic rings. The van der Waals surface area contributed by atoms with Gasteiger partial charge < -0.3 is 0 Å². The van der Waals surface area contributed by atoms with Gasteiger partial charge in [-0.1, -0.05) is 17.7 Å².